The van der Waals surface area contributed by atoms with Crippen LogP contribution >= 0.6 is 0 Å². The van der Waals surface area contributed by atoms with Crippen molar-refractivity contribution in [1.82, 2.24) is 33.6 Å². The van der Waals surface area contributed by atoms with Crippen molar-refractivity contribution < 1.29 is 18.4 Å². The van der Waals surface area contributed by atoms with E-state index in [1.807, 2.05) is 4.90 Å². The Kier molecular flexibility index (Phi) is 6.04. The highest BCUT2D eigenvalue weighted by atomic mass is 19.3. The summed E-state index contributed by atoms with van der Waals surface area (Å²) in [7, 11) is 1.43. The number of nitrogens with zero attached hydrogens (tertiary/aromatic N) is 8. The first-order valence-corrected chi connectivity index (χ1v) is 12.9. The van der Waals surface area contributed by atoms with Crippen LogP contribution < -0.4 is 21.5 Å². The van der Waals surface area contributed by atoms with Crippen LogP contribution in [0.15, 0.2) is 46.5 Å². The van der Waals surface area contributed by atoms with Gasteiger partial charge in [0.2, 0.25) is 5.91 Å². The van der Waals surface area contributed by atoms with Gasteiger partial charge in [-0.3, -0.25) is 23.5 Å². The fourth-order valence-corrected chi connectivity index (χ4v) is 5.27. The van der Waals surface area contributed by atoms with Gasteiger partial charge in [0, 0.05) is 38.1 Å². The van der Waals surface area contributed by atoms with Gasteiger partial charge in [0.1, 0.15) is 23.5 Å². The van der Waals surface area contributed by atoms with Gasteiger partial charge in [-0.2, -0.15) is 0 Å². The zero-order valence-electron chi connectivity index (χ0n) is 22.3. The number of imidazole rings is 1. The van der Waals surface area contributed by atoms with Gasteiger partial charge in [-0.1, -0.05) is 0 Å². The van der Waals surface area contributed by atoms with E-state index in [1.165, 1.54) is 37.1 Å². The maximum atomic E-state index is 13.5. The van der Waals surface area contributed by atoms with Crippen molar-refractivity contribution in [3.05, 3.63) is 57.8 Å². The van der Waals surface area contributed by atoms with E-state index in [0.717, 1.165) is 9.13 Å². The highest BCUT2D eigenvalue weighted by molar-refractivity contribution is 5.93. The minimum atomic E-state index is -2.56. The number of halogens is 2. The number of hydrogen-bond acceptors (Lipinski definition) is 9. The molecule has 1 aliphatic carbocycles. The molecule has 2 unspecified atom stereocenters. The number of amides is 1. The summed E-state index contributed by atoms with van der Waals surface area (Å²) in [6.07, 6.45) is 4.31. The number of nitrogens with one attached hydrogen (secondary N) is 1. The van der Waals surface area contributed by atoms with Crippen molar-refractivity contribution in [3.63, 3.8) is 0 Å². The fourth-order valence-electron chi connectivity index (χ4n) is 5.27. The molecular weight excluding hydrogens is 540 g/mol. The number of carbonyl (C=O) groups excluding carboxylic acids is 2. The zero-order chi connectivity index (χ0) is 29.2. The molecule has 212 valence electrons. The van der Waals surface area contributed by atoms with Gasteiger partial charge in [0.05, 0.1) is 24.7 Å². The van der Waals surface area contributed by atoms with Gasteiger partial charge in [-0.25, -0.2) is 33.5 Å². The molecule has 2 fully saturated rings. The molecule has 1 saturated carbocycles. The number of aryl methyl sites for hydroxylation is 1. The van der Waals surface area contributed by atoms with Gasteiger partial charge in [0.15, 0.2) is 17.0 Å². The molecule has 1 amide bonds. The van der Waals surface area contributed by atoms with E-state index in [4.69, 9.17) is 0 Å². The quantitative estimate of drug-likeness (QED) is 0.349. The molecule has 0 spiro atoms. The second-order valence-electron chi connectivity index (χ2n) is 10.4. The predicted molar refractivity (Wildman–Crippen MR) is 143 cm³/mol. The maximum absolute atomic E-state index is 13.5. The average molecular weight is 566 g/mol. The molecule has 1 N–H and O–H groups in total. The summed E-state index contributed by atoms with van der Waals surface area (Å²) < 4.78 is 30.3. The van der Waals surface area contributed by atoms with Crippen LogP contribution in [0.3, 0.4) is 0 Å². The molecule has 13 nitrogen and oxygen atoms in total. The van der Waals surface area contributed by atoms with Crippen LogP contribution in [0.1, 0.15) is 19.9 Å². The number of piperidine rings is 1. The summed E-state index contributed by atoms with van der Waals surface area (Å²) in [5.74, 6) is -3.58. The third-order valence-electron chi connectivity index (χ3n) is 7.67. The first-order chi connectivity index (χ1) is 19.5. The van der Waals surface area contributed by atoms with Crippen molar-refractivity contribution in [1.29, 1.82) is 0 Å². The predicted octanol–water partition coefficient (Wildman–Crippen LogP) is 1.24. The summed E-state index contributed by atoms with van der Waals surface area (Å²) >= 11 is 0. The summed E-state index contributed by atoms with van der Waals surface area (Å²) in [6, 6.07) is 4.03. The number of Topliss-reactive ketones (excluding diaryl/α,β-unsaturated/α-hetero) is 1. The monoisotopic (exact) mass is 565 g/mol. The lowest BCUT2D eigenvalue weighted by Gasteiger charge is -2.20. The molecule has 41 heavy (non-hydrogen) atoms. The van der Waals surface area contributed by atoms with E-state index >= 15 is 0 Å². The number of alkyl halides is 2. The van der Waals surface area contributed by atoms with E-state index in [1.54, 1.807) is 25.3 Å². The number of hydrogen-bond donors (Lipinski definition) is 1. The normalized spacial score (nSPS) is 19.7. The molecule has 4 aromatic rings. The number of ketones is 1. The van der Waals surface area contributed by atoms with Gasteiger partial charge >= 0.3 is 5.69 Å². The number of rotatable bonds is 7. The van der Waals surface area contributed by atoms with Gasteiger partial charge < -0.3 is 14.8 Å². The van der Waals surface area contributed by atoms with Gasteiger partial charge in [-0.15, -0.1) is 0 Å². The Labute approximate surface area is 230 Å². The molecule has 6 rings (SSSR count). The lowest BCUT2D eigenvalue weighted by Crippen LogP contribution is -2.41. The topological polar surface area (TPSA) is 150 Å². The smallest absolute Gasteiger partial charge is 0.332 e. The van der Waals surface area contributed by atoms with E-state index in [-0.39, 0.29) is 35.9 Å². The van der Waals surface area contributed by atoms with Crippen LogP contribution in [0.4, 0.5) is 20.4 Å². The largest absolute Gasteiger partial charge is 0.356 e. The summed E-state index contributed by atoms with van der Waals surface area (Å²) in [6.45, 7) is 2.96. The zero-order valence-corrected chi connectivity index (χ0v) is 22.3. The molecule has 1 aliphatic heterocycles. The molecule has 0 radical (unpaired) electrons. The molecule has 0 bridgehead atoms. The highest BCUT2D eigenvalue weighted by Crippen LogP contribution is 2.59. The number of anilines is 2. The number of carbonyl (C=O) groups is 2. The maximum Gasteiger partial charge on any atom is 0.332 e. The molecule has 1 saturated heterocycles. The Hall–Kier alpha value is -4.82. The van der Waals surface area contributed by atoms with Crippen molar-refractivity contribution in [2.45, 2.75) is 32.4 Å². The third-order valence-corrected chi connectivity index (χ3v) is 7.67. The van der Waals surface area contributed by atoms with Gasteiger partial charge in [-0.05, 0) is 32.0 Å². The van der Waals surface area contributed by atoms with Crippen molar-refractivity contribution in [2.75, 3.05) is 23.3 Å². The SMILES string of the molecule is CC(=O)Cn1c(=O)c2c(ncn2[C@@H](C)C(=O)Nc2ccnc(-c3ccc(N4CC5C(C4)C5(F)F)nc3)n2)n(C)c1=O. The van der Waals surface area contributed by atoms with Crippen LogP contribution in [-0.2, 0) is 23.2 Å². The Morgan fingerprint density at radius 2 is 1.85 bits per heavy atom. The standard InChI is InChI=1S/C26H25F2N9O4/c1-13(38)9-36-24(40)20-22(34(3)25(36)41)31-12-37(20)14(2)23(39)33-18-6-7-29-21(32-18)15-4-5-19(30-8-15)35-10-16-17(11-35)26(16,27)28/h4-8,12,14,16-17H,9-11H2,1-3H3,(H,29,32,33,39)/t14-,16?,17?/m0/s1. The second kappa shape index (κ2) is 9.38. The molecule has 0 aromatic carbocycles. The Bertz CT molecular complexity index is 1820. The second-order valence-corrected chi connectivity index (χ2v) is 10.4. The average Bonchev–Trinajstić information content (AvgIpc) is 3.38. The van der Waals surface area contributed by atoms with Crippen LogP contribution in [0, 0.1) is 11.8 Å². The first-order valence-electron chi connectivity index (χ1n) is 12.9. The molecule has 3 atom stereocenters. The van der Waals surface area contributed by atoms with Crippen LogP contribution in [0.5, 0.6) is 0 Å². The Balaban J connectivity index is 1.20. The number of aromatic nitrogens is 7. The third kappa shape index (κ3) is 4.37. The minimum absolute atomic E-state index is 0.00423. The first kappa shape index (κ1) is 26.4. The van der Waals surface area contributed by atoms with Gasteiger partial charge in [0.25, 0.3) is 11.5 Å². The van der Waals surface area contributed by atoms with E-state index in [2.05, 4.69) is 25.3 Å². The van der Waals surface area contributed by atoms with Crippen LogP contribution in [-0.4, -0.2) is 64.3 Å². The van der Waals surface area contributed by atoms with Crippen LogP contribution in [0.25, 0.3) is 22.6 Å². The highest BCUT2D eigenvalue weighted by Gasteiger charge is 2.71. The summed E-state index contributed by atoms with van der Waals surface area (Å²) in [5, 5.41) is 2.70. The fraction of sp³-hybridized carbons (Fsp3) is 0.385. The molecule has 2 aliphatic rings. The van der Waals surface area contributed by atoms with E-state index in [9.17, 15) is 28.0 Å². The molecular formula is C26H25F2N9O4. The lowest BCUT2D eigenvalue weighted by molar-refractivity contribution is -0.119. The minimum Gasteiger partial charge on any atom is -0.356 e. The molecule has 15 heteroatoms. The summed E-state index contributed by atoms with van der Waals surface area (Å²) in [4.78, 5) is 69.5. The van der Waals surface area contributed by atoms with Crippen molar-refractivity contribution >= 4 is 34.5 Å². The number of fused-ring (bicyclic) bond motifs is 2. The Morgan fingerprint density at radius 3 is 2.51 bits per heavy atom. The lowest BCUT2D eigenvalue weighted by atomic mass is 10.2. The van der Waals surface area contributed by atoms with E-state index in [0.29, 0.717) is 17.2 Å². The van der Waals surface area contributed by atoms with Crippen molar-refractivity contribution in [2.24, 2.45) is 18.9 Å². The molecule has 4 aromatic heterocycles. The summed E-state index contributed by atoms with van der Waals surface area (Å²) in [5.41, 5.74) is -0.755. The number of pyridine rings is 1. The molecule has 5 heterocycles. The van der Waals surface area contributed by atoms with Crippen LogP contribution in [0.2, 0.25) is 0 Å². The van der Waals surface area contributed by atoms with E-state index < -0.39 is 47.5 Å². The Morgan fingerprint density at radius 1 is 1.12 bits per heavy atom. The van der Waals surface area contributed by atoms with Crippen molar-refractivity contribution in [3.8, 4) is 11.4 Å².